The van der Waals surface area contributed by atoms with Crippen molar-refractivity contribution in [1.29, 1.82) is 0 Å². The number of rotatable bonds is 0. The van der Waals surface area contributed by atoms with Gasteiger partial charge < -0.3 is 14.2 Å². The number of epoxide rings is 1. The molecule has 3 saturated heterocycles. The van der Waals surface area contributed by atoms with E-state index in [2.05, 4.69) is 6.92 Å². The van der Waals surface area contributed by atoms with E-state index in [-0.39, 0.29) is 35.3 Å². The van der Waals surface area contributed by atoms with Gasteiger partial charge in [-0.05, 0) is 25.7 Å². The van der Waals surface area contributed by atoms with Crippen molar-refractivity contribution in [1.82, 2.24) is 0 Å². The lowest BCUT2D eigenvalue weighted by Crippen LogP contribution is -2.57. The van der Waals surface area contributed by atoms with Gasteiger partial charge in [-0.3, -0.25) is 9.59 Å². The van der Waals surface area contributed by atoms with Crippen LogP contribution in [-0.2, 0) is 23.8 Å². The van der Waals surface area contributed by atoms with Gasteiger partial charge in [0, 0.05) is 11.8 Å². The van der Waals surface area contributed by atoms with Crippen LogP contribution in [0, 0.1) is 23.2 Å². The molecule has 5 heteroatoms. The molecule has 5 rings (SSSR count). The molecule has 0 aromatic heterocycles. The summed E-state index contributed by atoms with van der Waals surface area (Å²) in [6.07, 6.45) is 3.40. The van der Waals surface area contributed by atoms with E-state index in [9.17, 15) is 9.59 Å². The minimum atomic E-state index is -0.801. The summed E-state index contributed by atoms with van der Waals surface area (Å²) in [6.45, 7) is 4.00. The lowest BCUT2D eigenvalue weighted by atomic mass is 9.52. The van der Waals surface area contributed by atoms with Crippen LogP contribution in [0.5, 0.6) is 0 Å². The van der Waals surface area contributed by atoms with Crippen LogP contribution in [0.2, 0.25) is 0 Å². The van der Waals surface area contributed by atoms with E-state index in [4.69, 9.17) is 14.2 Å². The highest BCUT2D eigenvalue weighted by Gasteiger charge is 2.92. The number of carbonyl (C=O) groups is 2. The van der Waals surface area contributed by atoms with Crippen LogP contribution in [0.1, 0.15) is 39.5 Å². The third kappa shape index (κ3) is 0.874. The number of ether oxygens (including phenoxy) is 3. The minimum absolute atomic E-state index is 0.0364. The Bertz CT molecular complexity index is 558. The standard InChI is InChI=1S/C15H18O5/c1-7-10(16)19-14-6-8-4-3-5-9-11(17)18-12(13(8,9)2)15(7,14)20-14/h7-9,12H,3-6H2,1-2H3/t7-,8-,9-,12-,13+,14-,15+/m1/s1. The van der Waals surface area contributed by atoms with Gasteiger partial charge in [0.1, 0.15) is 6.10 Å². The van der Waals surface area contributed by atoms with Gasteiger partial charge in [-0.15, -0.1) is 0 Å². The zero-order valence-corrected chi connectivity index (χ0v) is 11.7. The van der Waals surface area contributed by atoms with E-state index in [1.54, 1.807) is 0 Å². The maximum Gasteiger partial charge on any atom is 0.314 e. The molecule has 0 radical (unpaired) electrons. The predicted octanol–water partition coefficient (Wildman–Crippen LogP) is 1.40. The molecule has 0 unspecified atom stereocenters. The highest BCUT2D eigenvalue weighted by atomic mass is 16.8. The summed E-state index contributed by atoms with van der Waals surface area (Å²) in [4.78, 5) is 24.3. The second-order valence-corrected chi connectivity index (χ2v) is 7.36. The van der Waals surface area contributed by atoms with E-state index in [0.717, 1.165) is 25.7 Å². The molecule has 20 heavy (non-hydrogen) atoms. The summed E-state index contributed by atoms with van der Waals surface area (Å²) in [5.74, 6) is -1.16. The highest BCUT2D eigenvalue weighted by Crippen LogP contribution is 2.75. The number of esters is 2. The quantitative estimate of drug-likeness (QED) is 0.495. The summed E-state index contributed by atoms with van der Waals surface area (Å²) in [7, 11) is 0. The van der Waals surface area contributed by atoms with Crippen molar-refractivity contribution in [2.75, 3.05) is 0 Å². The Morgan fingerprint density at radius 2 is 2.00 bits per heavy atom. The van der Waals surface area contributed by atoms with Crippen molar-refractivity contribution >= 4 is 11.9 Å². The van der Waals surface area contributed by atoms with Gasteiger partial charge in [0.25, 0.3) is 0 Å². The Morgan fingerprint density at radius 1 is 1.20 bits per heavy atom. The van der Waals surface area contributed by atoms with Gasteiger partial charge in [-0.25, -0.2) is 0 Å². The fourth-order valence-electron chi connectivity index (χ4n) is 5.68. The molecule has 5 fully saturated rings. The van der Waals surface area contributed by atoms with E-state index in [0.29, 0.717) is 5.92 Å². The molecule has 108 valence electrons. The summed E-state index contributed by atoms with van der Waals surface area (Å²) in [5.41, 5.74) is -0.908. The Balaban J connectivity index is 1.69. The van der Waals surface area contributed by atoms with Crippen molar-refractivity contribution < 1.29 is 23.8 Å². The van der Waals surface area contributed by atoms with Crippen LogP contribution in [-0.4, -0.2) is 29.4 Å². The first-order valence-corrected chi connectivity index (χ1v) is 7.59. The predicted molar refractivity (Wildman–Crippen MR) is 65.2 cm³/mol. The van der Waals surface area contributed by atoms with Gasteiger partial charge in [-0.2, -0.15) is 0 Å². The van der Waals surface area contributed by atoms with Gasteiger partial charge >= 0.3 is 11.9 Å². The molecule has 7 atom stereocenters. The molecular weight excluding hydrogens is 260 g/mol. The lowest BCUT2D eigenvalue weighted by molar-refractivity contribution is -0.163. The first kappa shape index (κ1) is 11.5. The first-order chi connectivity index (χ1) is 9.46. The molecule has 0 aromatic rings. The summed E-state index contributed by atoms with van der Waals surface area (Å²) in [5, 5.41) is 0. The number of hydrogen-bond donors (Lipinski definition) is 0. The third-order valence-corrected chi connectivity index (χ3v) is 6.81. The van der Waals surface area contributed by atoms with Crippen LogP contribution >= 0.6 is 0 Å². The maximum atomic E-state index is 12.3. The zero-order chi connectivity index (χ0) is 13.9. The summed E-state index contributed by atoms with van der Waals surface area (Å²) < 4.78 is 17.3. The monoisotopic (exact) mass is 278 g/mol. The zero-order valence-electron chi connectivity index (χ0n) is 11.7. The number of carbonyl (C=O) groups excluding carboxylic acids is 2. The average molecular weight is 278 g/mol. The van der Waals surface area contributed by atoms with E-state index in [1.165, 1.54) is 0 Å². The molecule has 0 bridgehead atoms. The largest absolute Gasteiger partial charge is 0.458 e. The van der Waals surface area contributed by atoms with Crippen molar-refractivity contribution in [2.45, 2.75) is 57.0 Å². The van der Waals surface area contributed by atoms with Crippen LogP contribution in [0.15, 0.2) is 0 Å². The Kier molecular flexibility index (Phi) is 1.68. The van der Waals surface area contributed by atoms with Crippen molar-refractivity contribution in [2.24, 2.45) is 23.2 Å². The van der Waals surface area contributed by atoms with Gasteiger partial charge in [0.2, 0.25) is 5.79 Å². The lowest BCUT2D eigenvalue weighted by Gasteiger charge is -2.48. The fourth-order valence-corrected chi connectivity index (χ4v) is 5.68. The van der Waals surface area contributed by atoms with Crippen LogP contribution < -0.4 is 0 Å². The van der Waals surface area contributed by atoms with Gasteiger partial charge in [0.05, 0.1) is 11.8 Å². The Hall–Kier alpha value is -1.10. The molecular formula is C15H18O5. The van der Waals surface area contributed by atoms with Crippen LogP contribution in [0.4, 0.5) is 0 Å². The molecule has 3 heterocycles. The second kappa shape index (κ2) is 2.91. The van der Waals surface area contributed by atoms with Crippen LogP contribution in [0.3, 0.4) is 0 Å². The van der Waals surface area contributed by atoms with E-state index >= 15 is 0 Å². The van der Waals surface area contributed by atoms with Crippen molar-refractivity contribution in [3.05, 3.63) is 0 Å². The smallest absolute Gasteiger partial charge is 0.314 e. The van der Waals surface area contributed by atoms with Gasteiger partial charge in [0.15, 0.2) is 5.60 Å². The molecule has 2 aliphatic carbocycles. The minimum Gasteiger partial charge on any atom is -0.458 e. The normalized spacial score (nSPS) is 62.1. The van der Waals surface area contributed by atoms with E-state index < -0.39 is 11.4 Å². The molecule has 2 saturated carbocycles. The maximum absolute atomic E-state index is 12.3. The number of hydrogen-bond acceptors (Lipinski definition) is 5. The Labute approximate surface area is 116 Å². The van der Waals surface area contributed by atoms with E-state index in [1.807, 2.05) is 6.92 Å². The molecule has 0 N–H and O–H groups in total. The molecule has 3 aliphatic heterocycles. The van der Waals surface area contributed by atoms with Gasteiger partial charge in [-0.1, -0.05) is 13.3 Å². The van der Waals surface area contributed by atoms with Crippen molar-refractivity contribution in [3.63, 3.8) is 0 Å². The Morgan fingerprint density at radius 3 is 2.80 bits per heavy atom. The SMILES string of the molecule is C[C@@H]1C(=O)O[C@@]23C[C@H]4CCC[C@@H]5C(=O)O[C@H]([C@@]45C)[C@@]12O3. The summed E-state index contributed by atoms with van der Waals surface area (Å²) in [6, 6.07) is 0. The van der Waals surface area contributed by atoms with Crippen molar-refractivity contribution in [3.8, 4) is 0 Å². The summed E-state index contributed by atoms with van der Waals surface area (Å²) >= 11 is 0. The molecule has 5 aliphatic rings. The first-order valence-electron chi connectivity index (χ1n) is 7.59. The molecule has 5 nitrogen and oxygen atoms in total. The topological polar surface area (TPSA) is 65.1 Å². The highest BCUT2D eigenvalue weighted by molar-refractivity contribution is 5.82. The molecule has 0 spiro atoms. The third-order valence-electron chi connectivity index (χ3n) is 6.81. The molecule has 0 amide bonds. The van der Waals surface area contributed by atoms with Crippen LogP contribution in [0.25, 0.3) is 0 Å². The molecule has 0 aromatic carbocycles. The second-order valence-electron chi connectivity index (χ2n) is 7.36. The average Bonchev–Trinajstić information content (AvgIpc) is 2.90. The fraction of sp³-hybridized carbons (Fsp3) is 0.867.